The highest BCUT2D eigenvalue weighted by Crippen LogP contribution is 2.09. The van der Waals surface area contributed by atoms with E-state index >= 15 is 0 Å². The van der Waals surface area contributed by atoms with Crippen LogP contribution in [0.25, 0.3) is 0 Å². The van der Waals surface area contributed by atoms with Gasteiger partial charge < -0.3 is 9.64 Å². The molecule has 1 aliphatic rings. The number of ether oxygens (including phenoxy) is 1. The van der Waals surface area contributed by atoms with Crippen molar-refractivity contribution in [2.24, 2.45) is 0 Å². The van der Waals surface area contributed by atoms with E-state index in [1.165, 1.54) is 0 Å². The van der Waals surface area contributed by atoms with Gasteiger partial charge in [-0.3, -0.25) is 9.78 Å². The van der Waals surface area contributed by atoms with Gasteiger partial charge in [0.2, 0.25) is 0 Å². The van der Waals surface area contributed by atoms with E-state index in [0.29, 0.717) is 31.9 Å². The molecule has 1 fully saturated rings. The van der Waals surface area contributed by atoms with Gasteiger partial charge in [-0.1, -0.05) is 6.08 Å². The Labute approximate surface area is 114 Å². The summed E-state index contributed by atoms with van der Waals surface area (Å²) < 4.78 is 5.24. The summed E-state index contributed by atoms with van der Waals surface area (Å²) in [7, 11) is 0. The highest BCUT2D eigenvalue weighted by atomic mass is 16.5. The van der Waals surface area contributed by atoms with E-state index in [1.807, 2.05) is 23.1 Å². The van der Waals surface area contributed by atoms with Crippen LogP contribution in [0.15, 0.2) is 31.0 Å². The molecule has 0 aromatic carbocycles. The van der Waals surface area contributed by atoms with Crippen molar-refractivity contribution < 1.29 is 9.53 Å². The predicted octanol–water partition coefficient (Wildman–Crippen LogP) is 2.06. The van der Waals surface area contributed by atoms with Crippen LogP contribution in [0.3, 0.4) is 0 Å². The van der Waals surface area contributed by atoms with Gasteiger partial charge in [0.15, 0.2) is 0 Å². The van der Waals surface area contributed by atoms with Gasteiger partial charge in [0.1, 0.15) is 0 Å². The van der Waals surface area contributed by atoms with Crippen molar-refractivity contribution in [3.63, 3.8) is 0 Å². The molecule has 19 heavy (non-hydrogen) atoms. The molecule has 102 valence electrons. The Morgan fingerprint density at radius 3 is 2.84 bits per heavy atom. The third kappa shape index (κ3) is 3.89. The molecule has 4 nitrogen and oxygen atoms in total. The summed E-state index contributed by atoms with van der Waals surface area (Å²) in [5.41, 5.74) is 1.69. The van der Waals surface area contributed by atoms with Gasteiger partial charge in [0.25, 0.3) is 5.91 Å². The van der Waals surface area contributed by atoms with Crippen LogP contribution in [-0.2, 0) is 11.2 Å². The fraction of sp³-hybridized carbons (Fsp3) is 0.467. The number of hydrogen-bond donors (Lipinski definition) is 0. The van der Waals surface area contributed by atoms with E-state index in [4.69, 9.17) is 4.74 Å². The minimum absolute atomic E-state index is 0.0495. The van der Waals surface area contributed by atoms with Gasteiger partial charge in [-0.2, -0.15) is 0 Å². The molecular formula is C15H20N2O2. The second-order valence-corrected chi connectivity index (χ2v) is 4.62. The van der Waals surface area contributed by atoms with E-state index in [9.17, 15) is 4.79 Å². The second kappa shape index (κ2) is 7.04. The van der Waals surface area contributed by atoms with Crippen molar-refractivity contribution in [1.29, 1.82) is 0 Å². The maximum atomic E-state index is 12.2. The fourth-order valence-corrected chi connectivity index (χ4v) is 2.08. The Hall–Kier alpha value is -1.68. The van der Waals surface area contributed by atoms with Crippen LogP contribution in [0.4, 0.5) is 0 Å². The number of carbonyl (C=O) groups is 1. The number of unbranched alkanes of at least 4 members (excludes halogenated alkanes) is 1. The third-order valence-electron chi connectivity index (χ3n) is 3.21. The monoisotopic (exact) mass is 260 g/mol. The molecule has 0 unspecified atom stereocenters. The lowest BCUT2D eigenvalue weighted by Crippen LogP contribution is -2.40. The van der Waals surface area contributed by atoms with Gasteiger partial charge in [-0.25, -0.2) is 0 Å². The van der Waals surface area contributed by atoms with Crippen LogP contribution >= 0.6 is 0 Å². The molecule has 0 N–H and O–H groups in total. The number of hydrogen-bond acceptors (Lipinski definition) is 3. The molecule has 0 atom stereocenters. The Morgan fingerprint density at radius 1 is 1.42 bits per heavy atom. The number of amides is 1. The summed E-state index contributed by atoms with van der Waals surface area (Å²) in [6, 6.07) is 3.81. The highest BCUT2D eigenvalue weighted by molar-refractivity contribution is 5.93. The van der Waals surface area contributed by atoms with E-state index in [-0.39, 0.29) is 5.91 Å². The van der Waals surface area contributed by atoms with Crippen LogP contribution in [-0.4, -0.2) is 42.1 Å². The molecule has 0 bridgehead atoms. The number of carbonyl (C=O) groups excluding carboxylic acids is 1. The van der Waals surface area contributed by atoms with Gasteiger partial charge >= 0.3 is 0 Å². The minimum atomic E-state index is 0.0495. The Balaban J connectivity index is 1.93. The molecule has 1 aromatic rings. The van der Waals surface area contributed by atoms with Gasteiger partial charge in [-0.15, -0.1) is 6.58 Å². The highest BCUT2D eigenvalue weighted by Gasteiger charge is 2.18. The number of rotatable bonds is 5. The van der Waals surface area contributed by atoms with Crippen LogP contribution in [0.1, 0.15) is 28.9 Å². The normalized spacial score (nSPS) is 15.3. The summed E-state index contributed by atoms with van der Waals surface area (Å²) in [4.78, 5) is 18.4. The molecule has 2 heterocycles. The van der Waals surface area contributed by atoms with Crippen molar-refractivity contribution in [3.05, 3.63) is 42.2 Å². The van der Waals surface area contributed by atoms with E-state index in [2.05, 4.69) is 11.6 Å². The Bertz CT molecular complexity index is 422. The maximum Gasteiger partial charge on any atom is 0.255 e. The zero-order chi connectivity index (χ0) is 13.5. The maximum absolute atomic E-state index is 12.2. The lowest BCUT2D eigenvalue weighted by atomic mass is 10.1. The smallest absolute Gasteiger partial charge is 0.255 e. The first-order chi connectivity index (χ1) is 9.31. The summed E-state index contributed by atoms with van der Waals surface area (Å²) in [6.07, 6.45) is 6.57. The molecule has 1 amide bonds. The summed E-state index contributed by atoms with van der Waals surface area (Å²) >= 11 is 0. The molecule has 0 radical (unpaired) electrons. The summed E-state index contributed by atoms with van der Waals surface area (Å²) in [6.45, 7) is 6.28. The Kier molecular flexibility index (Phi) is 5.10. The molecule has 1 saturated heterocycles. The number of aryl methyl sites for hydroxylation is 1. The van der Waals surface area contributed by atoms with Crippen LogP contribution in [0, 0.1) is 0 Å². The van der Waals surface area contributed by atoms with Gasteiger partial charge in [-0.05, 0) is 31.4 Å². The van der Waals surface area contributed by atoms with Crippen LogP contribution < -0.4 is 0 Å². The molecule has 0 spiro atoms. The number of morpholine rings is 1. The van der Waals surface area contributed by atoms with Crippen molar-refractivity contribution in [1.82, 2.24) is 9.88 Å². The molecule has 1 aliphatic heterocycles. The minimum Gasteiger partial charge on any atom is -0.378 e. The first kappa shape index (κ1) is 13.7. The molecule has 2 rings (SSSR count). The molecule has 4 heteroatoms. The zero-order valence-electron chi connectivity index (χ0n) is 11.2. The standard InChI is InChI=1S/C15H20N2O2/c1-2-3-4-5-14-7-6-13(12-16-14)15(18)17-8-10-19-11-9-17/h2,6-7,12H,1,3-5,8-11H2. The fourth-order valence-electron chi connectivity index (χ4n) is 2.08. The van der Waals surface area contributed by atoms with Crippen LogP contribution in [0.2, 0.25) is 0 Å². The molecule has 1 aromatic heterocycles. The van der Waals surface area contributed by atoms with Crippen molar-refractivity contribution in [3.8, 4) is 0 Å². The number of pyridine rings is 1. The first-order valence-corrected chi connectivity index (χ1v) is 6.74. The Morgan fingerprint density at radius 2 is 2.21 bits per heavy atom. The van der Waals surface area contributed by atoms with Crippen molar-refractivity contribution in [2.45, 2.75) is 19.3 Å². The van der Waals surface area contributed by atoms with E-state index in [0.717, 1.165) is 25.0 Å². The lowest BCUT2D eigenvalue weighted by molar-refractivity contribution is 0.0302. The number of nitrogens with zero attached hydrogens (tertiary/aromatic N) is 2. The summed E-state index contributed by atoms with van der Waals surface area (Å²) in [5, 5.41) is 0. The third-order valence-corrected chi connectivity index (χ3v) is 3.21. The van der Waals surface area contributed by atoms with E-state index in [1.54, 1.807) is 6.20 Å². The largest absolute Gasteiger partial charge is 0.378 e. The quantitative estimate of drug-likeness (QED) is 0.601. The van der Waals surface area contributed by atoms with Crippen molar-refractivity contribution >= 4 is 5.91 Å². The zero-order valence-corrected chi connectivity index (χ0v) is 11.2. The average molecular weight is 260 g/mol. The lowest BCUT2D eigenvalue weighted by Gasteiger charge is -2.26. The van der Waals surface area contributed by atoms with Gasteiger partial charge in [0, 0.05) is 25.0 Å². The van der Waals surface area contributed by atoms with Crippen molar-refractivity contribution in [2.75, 3.05) is 26.3 Å². The van der Waals surface area contributed by atoms with E-state index < -0.39 is 0 Å². The topological polar surface area (TPSA) is 42.4 Å². The molecular weight excluding hydrogens is 240 g/mol. The predicted molar refractivity (Wildman–Crippen MR) is 74.1 cm³/mol. The molecule has 0 aliphatic carbocycles. The number of aromatic nitrogens is 1. The SMILES string of the molecule is C=CCCCc1ccc(C(=O)N2CCOCC2)cn1. The summed E-state index contributed by atoms with van der Waals surface area (Å²) in [5.74, 6) is 0.0495. The van der Waals surface area contributed by atoms with Gasteiger partial charge in [0.05, 0.1) is 18.8 Å². The average Bonchev–Trinajstić information content (AvgIpc) is 2.48. The van der Waals surface area contributed by atoms with Crippen LogP contribution in [0.5, 0.6) is 0 Å². The molecule has 0 saturated carbocycles. The second-order valence-electron chi connectivity index (χ2n) is 4.62. The first-order valence-electron chi connectivity index (χ1n) is 6.74. The number of allylic oxidation sites excluding steroid dienone is 1.